The number of benzene rings is 1. The van der Waals surface area contributed by atoms with Gasteiger partial charge in [-0.3, -0.25) is 19.4 Å². The van der Waals surface area contributed by atoms with Gasteiger partial charge in [0.05, 0.1) is 18.8 Å². The van der Waals surface area contributed by atoms with Crippen LogP contribution in [0.5, 0.6) is 5.75 Å². The predicted molar refractivity (Wildman–Crippen MR) is 116 cm³/mol. The fourth-order valence-electron chi connectivity index (χ4n) is 3.45. The van der Waals surface area contributed by atoms with Gasteiger partial charge in [0.1, 0.15) is 11.6 Å². The van der Waals surface area contributed by atoms with Crippen LogP contribution < -0.4 is 4.74 Å². The minimum Gasteiger partial charge on any atom is -0.405 e. The van der Waals surface area contributed by atoms with E-state index in [2.05, 4.69) is 19.8 Å². The summed E-state index contributed by atoms with van der Waals surface area (Å²) in [5, 5.41) is 4.09. The second kappa shape index (κ2) is 9.05. The number of aryl methyl sites for hydroxylation is 1. The number of aromatic nitrogens is 4. The third-order valence-electron chi connectivity index (χ3n) is 5.18. The zero-order valence-corrected chi connectivity index (χ0v) is 18.1. The molecule has 0 N–H and O–H groups in total. The quantitative estimate of drug-likeness (QED) is 0.282. The van der Waals surface area contributed by atoms with Crippen molar-refractivity contribution < 1.29 is 27.1 Å². The minimum atomic E-state index is -4.87. The average Bonchev–Trinajstić information content (AvgIpc) is 3.22. The van der Waals surface area contributed by atoms with Gasteiger partial charge >= 0.3 is 6.36 Å². The van der Waals surface area contributed by atoms with Gasteiger partial charge in [-0.25, -0.2) is 4.39 Å². The Morgan fingerprint density at radius 3 is 2.44 bits per heavy atom. The van der Waals surface area contributed by atoms with Gasteiger partial charge in [0.25, 0.3) is 0 Å². The molecule has 34 heavy (non-hydrogen) atoms. The first kappa shape index (κ1) is 23.1. The van der Waals surface area contributed by atoms with Crippen molar-refractivity contribution in [3.8, 4) is 28.0 Å². The van der Waals surface area contributed by atoms with E-state index in [1.807, 2.05) is 0 Å². The molecular weight excluding hydrogens is 452 g/mol. The van der Waals surface area contributed by atoms with E-state index >= 15 is 0 Å². The molecule has 0 aliphatic rings. The molecule has 1 aromatic carbocycles. The number of hydrogen-bond donors (Lipinski definition) is 0. The summed E-state index contributed by atoms with van der Waals surface area (Å²) in [7, 11) is 1.73. The van der Waals surface area contributed by atoms with Crippen molar-refractivity contribution in [1.29, 1.82) is 0 Å². The molecule has 0 spiro atoms. The van der Waals surface area contributed by atoms with Crippen molar-refractivity contribution in [3.05, 3.63) is 84.0 Å². The number of pyridine rings is 2. The van der Waals surface area contributed by atoms with Crippen molar-refractivity contribution in [2.24, 2.45) is 7.05 Å². The molecule has 0 atom stereocenters. The molecule has 0 bridgehead atoms. The SMILES string of the molecule is Cc1c(F)cncc1C(=O)Cc1ccc(-c2cc(-c3cnn(C)c3)ccc2OC(F)(F)F)cn1. The number of ether oxygens (including phenoxy) is 1. The Hall–Kier alpha value is -4.08. The lowest BCUT2D eigenvalue weighted by atomic mass is 9.99. The standard InChI is InChI=1S/C24H18F4N4O2/c1-14-20(11-29-12-21(14)25)22(33)8-18-5-3-16(9-30-18)19-7-15(17-10-31-32(2)13-17)4-6-23(19)34-24(26,27)28/h3-7,9-13H,8H2,1-2H3. The van der Waals surface area contributed by atoms with Crippen LogP contribution in [-0.4, -0.2) is 31.9 Å². The summed E-state index contributed by atoms with van der Waals surface area (Å²) in [5.41, 5.74) is 2.62. The molecule has 6 nitrogen and oxygen atoms in total. The molecule has 4 rings (SSSR count). The fourth-order valence-corrected chi connectivity index (χ4v) is 3.45. The number of halogens is 4. The Labute approximate surface area is 191 Å². The smallest absolute Gasteiger partial charge is 0.405 e. The Kier molecular flexibility index (Phi) is 6.14. The molecule has 0 aliphatic heterocycles. The van der Waals surface area contributed by atoms with Gasteiger partial charge in [0, 0.05) is 53.6 Å². The third kappa shape index (κ3) is 5.11. The Morgan fingerprint density at radius 1 is 1.03 bits per heavy atom. The molecule has 0 unspecified atom stereocenters. The van der Waals surface area contributed by atoms with Gasteiger partial charge in [-0.15, -0.1) is 13.2 Å². The van der Waals surface area contributed by atoms with Crippen LogP contribution in [0.4, 0.5) is 17.6 Å². The van der Waals surface area contributed by atoms with Crippen LogP contribution in [0.3, 0.4) is 0 Å². The lowest BCUT2D eigenvalue weighted by molar-refractivity contribution is -0.274. The van der Waals surface area contributed by atoms with Crippen LogP contribution >= 0.6 is 0 Å². The zero-order valence-electron chi connectivity index (χ0n) is 18.1. The lowest BCUT2D eigenvalue weighted by Gasteiger charge is -2.15. The first-order chi connectivity index (χ1) is 16.1. The molecule has 0 aliphatic carbocycles. The topological polar surface area (TPSA) is 69.9 Å². The van der Waals surface area contributed by atoms with Gasteiger partial charge < -0.3 is 4.74 Å². The molecule has 0 saturated heterocycles. The molecule has 0 fully saturated rings. The van der Waals surface area contributed by atoms with E-state index in [4.69, 9.17) is 0 Å². The number of carbonyl (C=O) groups is 1. The molecule has 174 valence electrons. The van der Waals surface area contributed by atoms with Crippen LogP contribution in [0, 0.1) is 12.7 Å². The average molecular weight is 470 g/mol. The number of ketones is 1. The van der Waals surface area contributed by atoms with Gasteiger partial charge in [-0.2, -0.15) is 5.10 Å². The summed E-state index contributed by atoms with van der Waals surface area (Å²) in [6, 6.07) is 7.39. The van der Waals surface area contributed by atoms with Crippen LogP contribution in [0.1, 0.15) is 21.6 Å². The van der Waals surface area contributed by atoms with Crippen LogP contribution in [0.25, 0.3) is 22.3 Å². The molecule has 10 heteroatoms. The van der Waals surface area contributed by atoms with E-state index in [0.717, 1.165) is 11.8 Å². The van der Waals surface area contributed by atoms with E-state index in [1.54, 1.807) is 36.3 Å². The summed E-state index contributed by atoms with van der Waals surface area (Å²) < 4.78 is 58.4. The van der Waals surface area contributed by atoms with Crippen molar-refractivity contribution in [2.45, 2.75) is 19.7 Å². The normalized spacial score (nSPS) is 11.5. The number of hydrogen-bond acceptors (Lipinski definition) is 5. The summed E-state index contributed by atoms with van der Waals surface area (Å²) in [4.78, 5) is 20.5. The maximum Gasteiger partial charge on any atom is 0.573 e. The second-order valence-corrected chi connectivity index (χ2v) is 7.59. The maximum absolute atomic E-state index is 13.7. The first-order valence-electron chi connectivity index (χ1n) is 10.1. The Morgan fingerprint density at radius 2 is 1.79 bits per heavy atom. The van der Waals surface area contributed by atoms with Crippen molar-refractivity contribution in [3.63, 3.8) is 0 Å². The highest BCUT2D eigenvalue weighted by Gasteiger charge is 2.32. The van der Waals surface area contributed by atoms with Crippen molar-refractivity contribution >= 4 is 5.78 Å². The molecule has 3 heterocycles. The highest BCUT2D eigenvalue weighted by atomic mass is 19.4. The van der Waals surface area contributed by atoms with E-state index in [-0.39, 0.29) is 34.6 Å². The lowest BCUT2D eigenvalue weighted by Crippen LogP contribution is -2.17. The van der Waals surface area contributed by atoms with E-state index in [0.29, 0.717) is 16.8 Å². The summed E-state index contributed by atoms with van der Waals surface area (Å²) in [5.74, 6) is -1.34. The van der Waals surface area contributed by atoms with Gasteiger partial charge in [0.15, 0.2) is 5.78 Å². The molecule has 0 radical (unpaired) electrons. The number of nitrogens with zero attached hydrogens (tertiary/aromatic N) is 4. The van der Waals surface area contributed by atoms with Crippen molar-refractivity contribution in [1.82, 2.24) is 19.7 Å². The minimum absolute atomic E-state index is 0.117. The first-order valence-corrected chi connectivity index (χ1v) is 10.1. The van der Waals surface area contributed by atoms with Crippen molar-refractivity contribution in [2.75, 3.05) is 0 Å². The van der Waals surface area contributed by atoms with Gasteiger partial charge in [-0.05, 0) is 36.2 Å². The summed E-state index contributed by atoms with van der Waals surface area (Å²) in [6.07, 6.45) is 2.03. The monoisotopic (exact) mass is 470 g/mol. The highest BCUT2D eigenvalue weighted by Crippen LogP contribution is 2.37. The number of Topliss-reactive ketones (excluding diaryl/α,β-unsaturated/α-hetero) is 1. The highest BCUT2D eigenvalue weighted by molar-refractivity contribution is 5.98. The maximum atomic E-state index is 13.7. The Bertz CT molecular complexity index is 1350. The van der Waals surface area contributed by atoms with E-state index in [9.17, 15) is 22.4 Å². The summed E-state index contributed by atoms with van der Waals surface area (Å²) in [6.45, 7) is 1.48. The van der Waals surface area contributed by atoms with E-state index in [1.165, 1.54) is 37.5 Å². The zero-order chi connectivity index (χ0) is 24.5. The largest absolute Gasteiger partial charge is 0.573 e. The van der Waals surface area contributed by atoms with Gasteiger partial charge in [-0.1, -0.05) is 12.1 Å². The molecule has 0 amide bonds. The number of carbonyl (C=O) groups excluding carboxylic acids is 1. The van der Waals surface area contributed by atoms with Crippen LogP contribution in [0.2, 0.25) is 0 Å². The number of alkyl halides is 3. The van der Waals surface area contributed by atoms with Crippen LogP contribution in [-0.2, 0) is 13.5 Å². The molecule has 3 aromatic heterocycles. The molecule has 0 saturated carbocycles. The van der Waals surface area contributed by atoms with Gasteiger partial charge in [0.2, 0.25) is 0 Å². The molecule has 4 aromatic rings. The Balaban J connectivity index is 1.65. The summed E-state index contributed by atoms with van der Waals surface area (Å²) >= 11 is 0. The molecular formula is C24H18F4N4O2. The predicted octanol–water partition coefficient (Wildman–Crippen LogP) is 5.32. The van der Waals surface area contributed by atoms with E-state index < -0.39 is 12.2 Å². The fraction of sp³-hybridized carbons (Fsp3) is 0.167. The second-order valence-electron chi connectivity index (χ2n) is 7.59. The number of rotatable bonds is 6. The van der Waals surface area contributed by atoms with Crippen LogP contribution in [0.15, 0.2) is 61.3 Å². The third-order valence-corrected chi connectivity index (χ3v) is 5.18.